The molecule has 1 aliphatic carbocycles. The second-order valence-corrected chi connectivity index (χ2v) is 6.15. The summed E-state index contributed by atoms with van der Waals surface area (Å²) < 4.78 is 6.49. The highest BCUT2D eigenvalue weighted by atomic mass is 79.9. The number of anilines is 1. The minimum atomic E-state index is -0.532. The molecule has 0 aliphatic heterocycles. The van der Waals surface area contributed by atoms with Gasteiger partial charge in [0.15, 0.2) is 6.10 Å². The monoisotopic (exact) mass is 340 g/mol. The maximum atomic E-state index is 12.1. The van der Waals surface area contributed by atoms with Crippen LogP contribution in [0.2, 0.25) is 0 Å². The molecule has 3 N–H and O–H groups in total. The van der Waals surface area contributed by atoms with Gasteiger partial charge in [-0.3, -0.25) is 4.79 Å². The Labute approximate surface area is 128 Å². The highest BCUT2D eigenvalue weighted by Gasteiger charge is 2.21. The highest BCUT2D eigenvalue weighted by Crippen LogP contribution is 2.28. The molecule has 0 spiro atoms. The Bertz CT molecular complexity index is 473. The van der Waals surface area contributed by atoms with E-state index < -0.39 is 6.10 Å². The second kappa shape index (κ2) is 6.97. The Balaban J connectivity index is 1.91. The third-order valence-electron chi connectivity index (χ3n) is 3.58. The van der Waals surface area contributed by atoms with Gasteiger partial charge >= 0.3 is 0 Å². The van der Waals surface area contributed by atoms with Crippen LogP contribution in [0.4, 0.5) is 5.69 Å². The normalized spacial score (nSPS) is 17.5. The molecule has 1 atom stereocenters. The van der Waals surface area contributed by atoms with Crippen molar-refractivity contribution in [2.24, 2.45) is 0 Å². The van der Waals surface area contributed by atoms with Crippen molar-refractivity contribution in [3.8, 4) is 5.75 Å². The molecule has 4 nitrogen and oxygen atoms in total. The minimum Gasteiger partial charge on any atom is -0.480 e. The molecule has 110 valence electrons. The van der Waals surface area contributed by atoms with Crippen molar-refractivity contribution in [2.45, 2.75) is 51.2 Å². The lowest BCUT2D eigenvalue weighted by molar-refractivity contribution is -0.128. The maximum absolute atomic E-state index is 12.1. The number of nitrogens with two attached hydrogens (primary N) is 1. The van der Waals surface area contributed by atoms with Gasteiger partial charge in [-0.2, -0.15) is 0 Å². The number of nitrogens with one attached hydrogen (secondary N) is 1. The molecular formula is C15H21BrN2O2. The van der Waals surface area contributed by atoms with E-state index in [2.05, 4.69) is 21.2 Å². The molecule has 1 aliphatic rings. The molecule has 0 bridgehead atoms. The smallest absolute Gasteiger partial charge is 0.260 e. The molecule has 0 saturated heterocycles. The number of ether oxygens (including phenoxy) is 1. The quantitative estimate of drug-likeness (QED) is 0.827. The Morgan fingerprint density at radius 1 is 1.40 bits per heavy atom. The van der Waals surface area contributed by atoms with Crippen LogP contribution in [-0.2, 0) is 4.79 Å². The van der Waals surface area contributed by atoms with Gasteiger partial charge in [-0.25, -0.2) is 0 Å². The van der Waals surface area contributed by atoms with Crippen molar-refractivity contribution in [2.75, 3.05) is 5.73 Å². The summed E-state index contributed by atoms with van der Waals surface area (Å²) in [5.41, 5.74) is 6.34. The number of carbonyl (C=O) groups excluding carboxylic acids is 1. The lowest BCUT2D eigenvalue weighted by atomic mass is 9.95. The van der Waals surface area contributed by atoms with Gasteiger partial charge in [0.2, 0.25) is 0 Å². The standard InChI is InChI=1S/C15H21BrN2O2/c1-10(15(19)18-12-5-3-2-4-6-12)20-14-9-11(17)7-8-13(14)16/h7-10,12H,2-6,17H2,1H3,(H,18,19). The average molecular weight is 341 g/mol. The molecule has 0 radical (unpaired) electrons. The first kappa shape index (κ1) is 15.2. The van der Waals surface area contributed by atoms with Crippen LogP contribution < -0.4 is 15.8 Å². The number of benzene rings is 1. The molecule has 0 heterocycles. The van der Waals surface area contributed by atoms with E-state index in [0.717, 1.165) is 17.3 Å². The van der Waals surface area contributed by atoms with Gasteiger partial charge in [0.05, 0.1) is 4.47 Å². The number of rotatable bonds is 4. The zero-order valence-electron chi connectivity index (χ0n) is 11.7. The summed E-state index contributed by atoms with van der Waals surface area (Å²) in [5.74, 6) is 0.530. The van der Waals surface area contributed by atoms with Crippen LogP contribution in [0.15, 0.2) is 22.7 Å². The summed E-state index contributed by atoms with van der Waals surface area (Å²) in [6, 6.07) is 5.61. The Kier molecular flexibility index (Phi) is 5.29. The van der Waals surface area contributed by atoms with Crippen LogP contribution in [0.25, 0.3) is 0 Å². The first-order valence-corrected chi connectivity index (χ1v) is 7.87. The van der Waals surface area contributed by atoms with E-state index >= 15 is 0 Å². The summed E-state index contributed by atoms with van der Waals surface area (Å²) >= 11 is 3.39. The molecule has 20 heavy (non-hydrogen) atoms. The van der Waals surface area contributed by atoms with Crippen LogP contribution in [0, 0.1) is 0 Å². The van der Waals surface area contributed by atoms with Gasteiger partial charge in [-0.05, 0) is 47.8 Å². The SMILES string of the molecule is CC(Oc1cc(N)ccc1Br)C(=O)NC1CCCCC1. The molecule has 1 amide bonds. The topological polar surface area (TPSA) is 64.3 Å². The van der Waals surface area contributed by atoms with Crippen molar-refractivity contribution in [3.05, 3.63) is 22.7 Å². The fraction of sp³-hybridized carbons (Fsp3) is 0.533. The number of halogens is 1. The van der Waals surface area contributed by atoms with Crippen molar-refractivity contribution < 1.29 is 9.53 Å². The maximum Gasteiger partial charge on any atom is 0.260 e. The highest BCUT2D eigenvalue weighted by molar-refractivity contribution is 9.10. The van der Waals surface area contributed by atoms with Gasteiger partial charge < -0.3 is 15.8 Å². The Morgan fingerprint density at radius 3 is 2.80 bits per heavy atom. The van der Waals surface area contributed by atoms with E-state index in [1.807, 2.05) is 6.07 Å². The number of hydrogen-bond donors (Lipinski definition) is 2. The first-order chi connectivity index (χ1) is 9.56. The van der Waals surface area contributed by atoms with E-state index in [4.69, 9.17) is 10.5 Å². The van der Waals surface area contributed by atoms with Gasteiger partial charge in [-0.1, -0.05) is 19.3 Å². The molecule has 1 unspecified atom stereocenters. The summed E-state index contributed by atoms with van der Waals surface area (Å²) in [4.78, 5) is 12.1. The summed E-state index contributed by atoms with van der Waals surface area (Å²) in [7, 11) is 0. The number of amides is 1. The largest absolute Gasteiger partial charge is 0.480 e. The third kappa shape index (κ3) is 4.13. The third-order valence-corrected chi connectivity index (χ3v) is 4.23. The Hall–Kier alpha value is -1.23. The predicted molar refractivity (Wildman–Crippen MR) is 83.7 cm³/mol. The number of nitrogen functional groups attached to an aromatic ring is 1. The minimum absolute atomic E-state index is 0.0637. The van der Waals surface area contributed by atoms with Crippen LogP contribution in [0.1, 0.15) is 39.0 Å². The van der Waals surface area contributed by atoms with E-state index in [0.29, 0.717) is 17.5 Å². The van der Waals surface area contributed by atoms with Crippen molar-refractivity contribution in [1.29, 1.82) is 0 Å². The summed E-state index contributed by atoms with van der Waals surface area (Å²) in [5, 5.41) is 3.06. The summed E-state index contributed by atoms with van der Waals surface area (Å²) in [6.45, 7) is 1.76. The van der Waals surface area contributed by atoms with Crippen LogP contribution in [0.3, 0.4) is 0 Å². The van der Waals surface area contributed by atoms with E-state index in [1.165, 1.54) is 19.3 Å². The average Bonchev–Trinajstić information content (AvgIpc) is 2.44. The lowest BCUT2D eigenvalue weighted by Gasteiger charge is -2.24. The van der Waals surface area contributed by atoms with Gasteiger partial charge in [0.1, 0.15) is 5.75 Å². The zero-order chi connectivity index (χ0) is 14.5. The van der Waals surface area contributed by atoms with Crippen molar-refractivity contribution in [3.63, 3.8) is 0 Å². The predicted octanol–water partition coefficient (Wildman–Crippen LogP) is 3.25. The van der Waals surface area contributed by atoms with Crippen LogP contribution in [0.5, 0.6) is 5.75 Å². The molecule has 1 aromatic rings. The van der Waals surface area contributed by atoms with Gasteiger partial charge in [0.25, 0.3) is 5.91 Å². The Morgan fingerprint density at radius 2 is 2.10 bits per heavy atom. The molecule has 1 aromatic carbocycles. The van der Waals surface area contributed by atoms with Crippen LogP contribution >= 0.6 is 15.9 Å². The van der Waals surface area contributed by atoms with Crippen LogP contribution in [-0.4, -0.2) is 18.1 Å². The molecule has 5 heteroatoms. The van der Waals surface area contributed by atoms with E-state index in [9.17, 15) is 4.79 Å². The van der Waals surface area contributed by atoms with Crippen molar-refractivity contribution in [1.82, 2.24) is 5.32 Å². The van der Waals surface area contributed by atoms with E-state index in [-0.39, 0.29) is 5.91 Å². The molecule has 2 rings (SSSR count). The lowest BCUT2D eigenvalue weighted by Crippen LogP contribution is -2.43. The van der Waals surface area contributed by atoms with E-state index in [1.54, 1.807) is 19.1 Å². The fourth-order valence-corrected chi connectivity index (χ4v) is 2.76. The molecule has 1 fully saturated rings. The van der Waals surface area contributed by atoms with Gasteiger partial charge in [-0.15, -0.1) is 0 Å². The van der Waals surface area contributed by atoms with Gasteiger partial charge in [0, 0.05) is 17.8 Å². The summed E-state index contributed by atoms with van der Waals surface area (Å²) in [6.07, 6.45) is 5.27. The molecular weight excluding hydrogens is 320 g/mol. The first-order valence-electron chi connectivity index (χ1n) is 7.08. The number of hydrogen-bond acceptors (Lipinski definition) is 3. The molecule has 1 saturated carbocycles. The fourth-order valence-electron chi connectivity index (χ4n) is 2.42. The van der Waals surface area contributed by atoms with Crippen molar-refractivity contribution >= 4 is 27.5 Å². The molecule has 0 aromatic heterocycles. The zero-order valence-corrected chi connectivity index (χ0v) is 13.3. The number of carbonyl (C=O) groups is 1. The second-order valence-electron chi connectivity index (χ2n) is 5.29.